The molecule has 1 heterocycles. The van der Waals surface area contributed by atoms with Crippen molar-refractivity contribution in [3.05, 3.63) is 40.3 Å². The van der Waals surface area contributed by atoms with Crippen LogP contribution in [0.1, 0.15) is 10.7 Å². The summed E-state index contributed by atoms with van der Waals surface area (Å²) in [6.45, 7) is 2.75. The van der Waals surface area contributed by atoms with Crippen LogP contribution in [-0.4, -0.2) is 27.0 Å². The summed E-state index contributed by atoms with van der Waals surface area (Å²) in [7, 11) is -1.96. The van der Waals surface area contributed by atoms with Gasteiger partial charge in [0.25, 0.3) is 0 Å². The standard InChI is InChI=1S/C13H17N3O2S2/c1-10-9-19-13(16-10)7-8-15-11-3-5-12(6-4-11)20(17,18)14-2/h3-6,9,14-15H,7-8H2,1-2H3. The van der Waals surface area contributed by atoms with Crippen molar-refractivity contribution in [2.75, 3.05) is 18.9 Å². The molecule has 1 aromatic carbocycles. The molecule has 0 saturated heterocycles. The van der Waals surface area contributed by atoms with Gasteiger partial charge in [0.05, 0.1) is 9.90 Å². The topological polar surface area (TPSA) is 71.1 Å². The van der Waals surface area contributed by atoms with Gasteiger partial charge in [0.1, 0.15) is 0 Å². The van der Waals surface area contributed by atoms with Crippen LogP contribution in [0.25, 0.3) is 0 Å². The predicted octanol–water partition coefficient (Wildman–Crippen LogP) is 2.01. The summed E-state index contributed by atoms with van der Waals surface area (Å²) >= 11 is 1.65. The molecule has 0 aliphatic heterocycles. The van der Waals surface area contributed by atoms with E-state index in [1.54, 1.807) is 35.6 Å². The normalized spacial score (nSPS) is 11.5. The van der Waals surface area contributed by atoms with Crippen LogP contribution < -0.4 is 10.0 Å². The van der Waals surface area contributed by atoms with E-state index in [4.69, 9.17) is 0 Å². The monoisotopic (exact) mass is 311 g/mol. The Morgan fingerprint density at radius 1 is 1.25 bits per heavy atom. The van der Waals surface area contributed by atoms with Gasteiger partial charge in [-0.15, -0.1) is 11.3 Å². The minimum Gasteiger partial charge on any atom is -0.385 e. The third-order valence-corrected chi connectivity index (χ3v) is 5.22. The molecular formula is C13H17N3O2S2. The molecule has 1 aromatic heterocycles. The van der Waals surface area contributed by atoms with E-state index in [-0.39, 0.29) is 4.90 Å². The summed E-state index contributed by atoms with van der Waals surface area (Å²) in [5.41, 5.74) is 1.94. The Bertz CT molecular complexity index is 663. The molecule has 0 atom stereocenters. The lowest BCUT2D eigenvalue weighted by Gasteiger charge is -2.07. The molecule has 0 amide bonds. The van der Waals surface area contributed by atoms with E-state index in [0.29, 0.717) is 0 Å². The van der Waals surface area contributed by atoms with E-state index >= 15 is 0 Å². The number of nitrogens with zero attached hydrogens (tertiary/aromatic N) is 1. The quantitative estimate of drug-likeness (QED) is 0.856. The van der Waals surface area contributed by atoms with Gasteiger partial charge in [0.15, 0.2) is 0 Å². The molecule has 108 valence electrons. The highest BCUT2D eigenvalue weighted by molar-refractivity contribution is 7.89. The number of nitrogens with one attached hydrogen (secondary N) is 2. The SMILES string of the molecule is CNS(=O)(=O)c1ccc(NCCc2nc(C)cs2)cc1. The molecule has 2 N–H and O–H groups in total. The average molecular weight is 311 g/mol. The molecular weight excluding hydrogens is 294 g/mol. The molecule has 0 saturated carbocycles. The Hall–Kier alpha value is -1.44. The van der Waals surface area contributed by atoms with Crippen LogP contribution >= 0.6 is 11.3 Å². The highest BCUT2D eigenvalue weighted by atomic mass is 32.2. The van der Waals surface area contributed by atoms with E-state index in [0.717, 1.165) is 29.4 Å². The second kappa shape index (κ2) is 6.34. The molecule has 0 aliphatic carbocycles. The van der Waals surface area contributed by atoms with E-state index in [1.807, 2.05) is 12.3 Å². The smallest absolute Gasteiger partial charge is 0.240 e. The molecule has 0 unspecified atom stereocenters. The fourth-order valence-corrected chi connectivity index (χ4v) is 3.21. The maximum absolute atomic E-state index is 11.6. The van der Waals surface area contributed by atoms with Gasteiger partial charge in [-0.25, -0.2) is 18.1 Å². The molecule has 0 bridgehead atoms. The molecule has 0 spiro atoms. The maximum atomic E-state index is 11.6. The lowest BCUT2D eigenvalue weighted by molar-refractivity contribution is 0.588. The minimum absolute atomic E-state index is 0.265. The average Bonchev–Trinajstić information content (AvgIpc) is 2.85. The molecule has 2 rings (SSSR count). The van der Waals surface area contributed by atoms with E-state index < -0.39 is 10.0 Å². The van der Waals surface area contributed by atoms with Gasteiger partial charge in [-0.2, -0.15) is 0 Å². The van der Waals surface area contributed by atoms with E-state index in [9.17, 15) is 8.42 Å². The lowest BCUT2D eigenvalue weighted by atomic mass is 10.3. The Morgan fingerprint density at radius 2 is 1.95 bits per heavy atom. The molecule has 20 heavy (non-hydrogen) atoms. The first-order valence-electron chi connectivity index (χ1n) is 6.20. The summed E-state index contributed by atoms with van der Waals surface area (Å²) in [6, 6.07) is 6.69. The number of hydrogen-bond donors (Lipinski definition) is 2. The number of sulfonamides is 1. The van der Waals surface area contributed by atoms with Gasteiger partial charge >= 0.3 is 0 Å². The van der Waals surface area contributed by atoms with Gasteiger partial charge in [-0.1, -0.05) is 0 Å². The molecule has 0 radical (unpaired) electrons. The molecule has 0 aliphatic rings. The first kappa shape index (κ1) is 15.0. The van der Waals surface area contributed by atoms with Gasteiger partial charge in [-0.05, 0) is 38.2 Å². The van der Waals surface area contributed by atoms with Crippen molar-refractivity contribution in [2.45, 2.75) is 18.2 Å². The highest BCUT2D eigenvalue weighted by Crippen LogP contribution is 2.14. The number of aromatic nitrogens is 1. The number of benzene rings is 1. The number of aryl methyl sites for hydroxylation is 1. The van der Waals surface area contributed by atoms with Crippen molar-refractivity contribution in [2.24, 2.45) is 0 Å². The molecule has 2 aromatic rings. The van der Waals surface area contributed by atoms with Crippen LogP contribution in [0.15, 0.2) is 34.5 Å². The highest BCUT2D eigenvalue weighted by Gasteiger charge is 2.10. The van der Waals surface area contributed by atoms with Crippen molar-refractivity contribution in [1.82, 2.24) is 9.71 Å². The van der Waals surface area contributed by atoms with Gasteiger partial charge in [0, 0.05) is 29.7 Å². The summed E-state index contributed by atoms with van der Waals surface area (Å²) in [6.07, 6.45) is 0.856. The van der Waals surface area contributed by atoms with Crippen LogP contribution in [0.4, 0.5) is 5.69 Å². The Kier molecular flexibility index (Phi) is 4.74. The Labute approximate surface area is 123 Å². The van der Waals surface area contributed by atoms with Crippen LogP contribution in [-0.2, 0) is 16.4 Å². The number of anilines is 1. The minimum atomic E-state index is -3.36. The Balaban J connectivity index is 1.91. The van der Waals surface area contributed by atoms with Crippen molar-refractivity contribution in [1.29, 1.82) is 0 Å². The zero-order chi connectivity index (χ0) is 14.6. The number of rotatable bonds is 6. The van der Waals surface area contributed by atoms with Crippen LogP contribution in [0.5, 0.6) is 0 Å². The van der Waals surface area contributed by atoms with Gasteiger partial charge < -0.3 is 5.32 Å². The second-order valence-corrected chi connectivity index (χ2v) is 7.12. The first-order chi connectivity index (χ1) is 9.51. The van der Waals surface area contributed by atoms with Crippen LogP contribution in [0.3, 0.4) is 0 Å². The summed E-state index contributed by atoms with van der Waals surface area (Å²) in [5, 5.41) is 6.39. The fourth-order valence-electron chi connectivity index (χ4n) is 1.70. The maximum Gasteiger partial charge on any atom is 0.240 e. The van der Waals surface area contributed by atoms with Crippen LogP contribution in [0.2, 0.25) is 0 Å². The van der Waals surface area contributed by atoms with Crippen molar-refractivity contribution in [3.63, 3.8) is 0 Å². The third kappa shape index (κ3) is 3.78. The summed E-state index contributed by atoms with van der Waals surface area (Å²) in [5.74, 6) is 0. The van der Waals surface area contributed by atoms with Crippen molar-refractivity contribution >= 4 is 27.0 Å². The van der Waals surface area contributed by atoms with Crippen LogP contribution in [0, 0.1) is 6.92 Å². The predicted molar refractivity (Wildman–Crippen MR) is 81.7 cm³/mol. The van der Waals surface area contributed by atoms with Gasteiger partial charge in [-0.3, -0.25) is 0 Å². The lowest BCUT2D eigenvalue weighted by Crippen LogP contribution is -2.18. The second-order valence-electron chi connectivity index (χ2n) is 4.29. The largest absolute Gasteiger partial charge is 0.385 e. The molecule has 7 heteroatoms. The number of thiazole rings is 1. The molecule has 0 fully saturated rings. The van der Waals surface area contributed by atoms with Gasteiger partial charge in [0.2, 0.25) is 10.0 Å². The zero-order valence-electron chi connectivity index (χ0n) is 11.4. The van der Waals surface area contributed by atoms with Crippen molar-refractivity contribution < 1.29 is 8.42 Å². The molecule has 5 nitrogen and oxygen atoms in total. The first-order valence-corrected chi connectivity index (χ1v) is 8.56. The Morgan fingerprint density at radius 3 is 2.50 bits per heavy atom. The summed E-state index contributed by atoms with van der Waals surface area (Å²) < 4.78 is 25.4. The summed E-state index contributed by atoms with van der Waals surface area (Å²) in [4.78, 5) is 4.66. The van der Waals surface area contributed by atoms with E-state index in [2.05, 4.69) is 15.0 Å². The zero-order valence-corrected chi connectivity index (χ0v) is 13.0. The van der Waals surface area contributed by atoms with E-state index in [1.165, 1.54) is 7.05 Å². The fraction of sp³-hybridized carbons (Fsp3) is 0.308. The number of hydrogen-bond acceptors (Lipinski definition) is 5. The van der Waals surface area contributed by atoms with Crippen molar-refractivity contribution in [3.8, 4) is 0 Å². The third-order valence-electron chi connectivity index (χ3n) is 2.77.